The van der Waals surface area contributed by atoms with Crippen molar-refractivity contribution in [1.29, 1.82) is 0 Å². The van der Waals surface area contributed by atoms with Crippen molar-refractivity contribution >= 4 is 24.1 Å². The van der Waals surface area contributed by atoms with Gasteiger partial charge in [-0.1, -0.05) is 78.9 Å². The van der Waals surface area contributed by atoms with Crippen LogP contribution < -0.4 is 10.1 Å². The van der Waals surface area contributed by atoms with Crippen molar-refractivity contribution in [3.8, 4) is 5.75 Å². The van der Waals surface area contributed by atoms with E-state index in [-0.39, 0.29) is 25.3 Å². The van der Waals surface area contributed by atoms with Crippen molar-refractivity contribution in [1.82, 2.24) is 10.2 Å². The maximum atomic E-state index is 13.6. The molecule has 9 nitrogen and oxygen atoms in total. The fraction of sp³-hybridized carbons (Fsp3) is 0.200. The molecule has 2 atom stereocenters. The third-order valence-corrected chi connectivity index (χ3v) is 6.43. The molecule has 2 heterocycles. The molecule has 3 aromatic rings. The number of amides is 2. The molecule has 1 saturated heterocycles. The normalized spacial score (nSPS) is 18.2. The van der Waals surface area contributed by atoms with Gasteiger partial charge in [-0.3, -0.25) is 14.5 Å². The van der Waals surface area contributed by atoms with Gasteiger partial charge < -0.3 is 24.3 Å². The maximum Gasteiger partial charge on any atom is 0.356 e. The van der Waals surface area contributed by atoms with Gasteiger partial charge in [0.15, 0.2) is 25.0 Å². The van der Waals surface area contributed by atoms with E-state index in [4.69, 9.17) is 14.2 Å². The first-order valence-electron chi connectivity index (χ1n) is 12.4. The Labute approximate surface area is 225 Å². The van der Waals surface area contributed by atoms with Crippen molar-refractivity contribution in [2.24, 2.45) is 0 Å². The van der Waals surface area contributed by atoms with E-state index in [1.807, 2.05) is 66.7 Å². The zero-order valence-corrected chi connectivity index (χ0v) is 20.9. The summed E-state index contributed by atoms with van der Waals surface area (Å²) in [6.07, 6.45) is -1.12. The third-order valence-electron chi connectivity index (χ3n) is 6.43. The van der Waals surface area contributed by atoms with Gasteiger partial charge in [0.05, 0.1) is 6.61 Å². The van der Waals surface area contributed by atoms with Gasteiger partial charge in [0.1, 0.15) is 17.7 Å². The Kier molecular flexibility index (Phi) is 7.79. The number of para-hydroxylation sites is 1. The highest BCUT2D eigenvalue weighted by atomic mass is 16.6. The molecule has 0 bridgehead atoms. The van der Waals surface area contributed by atoms with Gasteiger partial charge in [0.25, 0.3) is 11.8 Å². The van der Waals surface area contributed by atoms with Gasteiger partial charge in [0.2, 0.25) is 0 Å². The summed E-state index contributed by atoms with van der Waals surface area (Å²) in [6.45, 7) is -0.358. The summed E-state index contributed by atoms with van der Waals surface area (Å²) in [5.74, 6) is -1.30. The average molecular weight is 527 g/mol. The van der Waals surface area contributed by atoms with Crippen molar-refractivity contribution in [2.75, 3.05) is 13.2 Å². The summed E-state index contributed by atoms with van der Waals surface area (Å²) in [5.41, 5.74) is 1.79. The van der Waals surface area contributed by atoms with Gasteiger partial charge in [-0.2, -0.15) is 0 Å². The van der Waals surface area contributed by atoms with Crippen molar-refractivity contribution in [2.45, 2.75) is 24.8 Å². The van der Waals surface area contributed by atoms with Crippen LogP contribution in [-0.2, 0) is 28.7 Å². The molecule has 3 aromatic carbocycles. The summed E-state index contributed by atoms with van der Waals surface area (Å²) in [7, 11) is 0. The highest BCUT2D eigenvalue weighted by Gasteiger charge is 2.55. The second-order valence-corrected chi connectivity index (χ2v) is 8.99. The number of ether oxygens (including phenoxy) is 3. The first-order chi connectivity index (χ1) is 19.1. The van der Waals surface area contributed by atoms with Crippen molar-refractivity contribution in [3.63, 3.8) is 0 Å². The molecule has 1 fully saturated rings. The standard InChI is InChI=1S/C30H26N2O7/c33-17-16-22-18-38-29-25(31-24(34)19-37-23-14-8-3-9-15-23)28(35)32(29)26(22)30(36)39-27(20-10-4-1-5-11-20)21-12-6-2-7-13-21/h1-15,17,25,27,29H,16,18-19H2,(H,31,34). The maximum absolute atomic E-state index is 13.6. The fourth-order valence-corrected chi connectivity index (χ4v) is 4.56. The Morgan fingerprint density at radius 2 is 1.54 bits per heavy atom. The molecule has 39 heavy (non-hydrogen) atoms. The van der Waals surface area contributed by atoms with E-state index in [2.05, 4.69) is 5.32 Å². The average Bonchev–Trinajstić information content (AvgIpc) is 2.98. The highest BCUT2D eigenvalue weighted by Crippen LogP contribution is 2.36. The van der Waals surface area contributed by atoms with Crippen LogP contribution in [0, 0.1) is 0 Å². The summed E-state index contributed by atoms with van der Waals surface area (Å²) in [6, 6.07) is 26.3. The molecule has 5 rings (SSSR count). The van der Waals surface area contributed by atoms with Gasteiger partial charge in [-0.05, 0) is 28.8 Å². The zero-order valence-electron chi connectivity index (χ0n) is 20.9. The summed E-state index contributed by atoms with van der Waals surface area (Å²) >= 11 is 0. The van der Waals surface area contributed by atoms with Crippen molar-refractivity contribution < 1.29 is 33.4 Å². The van der Waals surface area contributed by atoms with E-state index < -0.39 is 36.2 Å². The van der Waals surface area contributed by atoms with Crippen LogP contribution in [0.15, 0.2) is 102 Å². The number of aldehydes is 1. The molecule has 9 heteroatoms. The van der Waals surface area contributed by atoms with Crippen LogP contribution >= 0.6 is 0 Å². The minimum Gasteiger partial charge on any atom is -0.484 e. The SMILES string of the molecule is O=CCC1=C(C(=O)OC(c2ccccc2)c2ccccc2)N2C(=O)C(NC(=O)COc3ccccc3)C2OC1. The lowest BCUT2D eigenvalue weighted by Crippen LogP contribution is -2.73. The number of esters is 1. The van der Waals surface area contributed by atoms with Crippen LogP contribution in [0.25, 0.3) is 0 Å². The molecule has 2 amide bonds. The van der Waals surface area contributed by atoms with Gasteiger partial charge >= 0.3 is 5.97 Å². The number of carbonyl (C=O) groups is 4. The smallest absolute Gasteiger partial charge is 0.356 e. The lowest BCUT2D eigenvalue weighted by molar-refractivity contribution is -0.186. The number of hydrogen-bond acceptors (Lipinski definition) is 7. The minimum absolute atomic E-state index is 0.0359. The summed E-state index contributed by atoms with van der Waals surface area (Å²) in [4.78, 5) is 51.8. The van der Waals surface area contributed by atoms with Crippen molar-refractivity contribution in [3.05, 3.63) is 113 Å². The number of β-lactam (4-membered cyclic amide) rings is 1. The Balaban J connectivity index is 1.33. The molecular weight excluding hydrogens is 500 g/mol. The van der Waals surface area contributed by atoms with Gasteiger partial charge in [0, 0.05) is 6.42 Å². The quantitative estimate of drug-likeness (QED) is 0.246. The first-order valence-corrected chi connectivity index (χ1v) is 12.4. The predicted molar refractivity (Wildman–Crippen MR) is 139 cm³/mol. The van der Waals surface area contributed by atoms with Crippen LogP contribution in [0.5, 0.6) is 5.75 Å². The number of benzene rings is 3. The number of carbonyl (C=O) groups excluding carboxylic acids is 4. The van der Waals surface area contributed by atoms with Crippen LogP contribution in [0.1, 0.15) is 23.7 Å². The molecule has 2 unspecified atom stereocenters. The Hall–Kier alpha value is -4.76. The minimum atomic E-state index is -1.00. The molecule has 0 saturated carbocycles. The molecule has 0 aliphatic carbocycles. The summed E-state index contributed by atoms with van der Waals surface area (Å²) in [5, 5.41) is 2.61. The van der Waals surface area contributed by atoms with E-state index in [0.29, 0.717) is 17.6 Å². The molecule has 1 N–H and O–H groups in total. The lowest BCUT2D eigenvalue weighted by Gasteiger charge is -2.49. The van der Waals surface area contributed by atoms with E-state index in [1.165, 1.54) is 0 Å². The molecule has 0 spiro atoms. The number of nitrogens with zero attached hydrogens (tertiary/aromatic N) is 1. The molecule has 0 aromatic heterocycles. The Morgan fingerprint density at radius 1 is 0.949 bits per heavy atom. The number of fused-ring (bicyclic) bond motifs is 1. The zero-order chi connectivity index (χ0) is 27.2. The van der Waals surface area contributed by atoms with Crippen LogP contribution in [-0.4, -0.2) is 54.5 Å². The Morgan fingerprint density at radius 3 is 2.13 bits per heavy atom. The molecule has 198 valence electrons. The molecule has 2 aliphatic heterocycles. The van der Waals surface area contributed by atoms with Crippen LogP contribution in [0.3, 0.4) is 0 Å². The number of hydrogen-bond donors (Lipinski definition) is 1. The van der Waals surface area contributed by atoms with E-state index in [1.54, 1.807) is 24.3 Å². The molecule has 2 aliphatic rings. The Bertz CT molecular complexity index is 1340. The van der Waals surface area contributed by atoms with Crippen LogP contribution in [0.4, 0.5) is 0 Å². The largest absolute Gasteiger partial charge is 0.484 e. The molecule has 0 radical (unpaired) electrons. The second kappa shape index (κ2) is 11.7. The summed E-state index contributed by atoms with van der Waals surface area (Å²) < 4.78 is 17.2. The fourth-order valence-electron chi connectivity index (χ4n) is 4.56. The predicted octanol–water partition coefficient (Wildman–Crippen LogP) is 2.92. The molecular formula is C30H26N2O7. The van der Waals surface area contributed by atoms with Gasteiger partial charge in [-0.25, -0.2) is 4.79 Å². The number of rotatable bonds is 10. The highest BCUT2D eigenvalue weighted by molar-refractivity contribution is 6.02. The number of nitrogens with one attached hydrogen (secondary N) is 1. The van der Waals surface area contributed by atoms with Gasteiger partial charge in [-0.15, -0.1) is 0 Å². The van der Waals surface area contributed by atoms with E-state index >= 15 is 0 Å². The topological polar surface area (TPSA) is 111 Å². The third kappa shape index (κ3) is 5.58. The monoisotopic (exact) mass is 526 g/mol. The van der Waals surface area contributed by atoms with Crippen LogP contribution in [0.2, 0.25) is 0 Å². The van der Waals surface area contributed by atoms with E-state index in [9.17, 15) is 19.2 Å². The lowest BCUT2D eigenvalue weighted by atomic mass is 9.97. The second-order valence-electron chi connectivity index (χ2n) is 8.99. The first kappa shape index (κ1) is 25.9. The van der Waals surface area contributed by atoms with E-state index in [0.717, 1.165) is 16.0 Å².